The van der Waals surface area contributed by atoms with Crippen LogP contribution in [-0.4, -0.2) is 133 Å². The fourth-order valence-corrected chi connectivity index (χ4v) is 18.9. The summed E-state index contributed by atoms with van der Waals surface area (Å²) in [6, 6.07) is 0. The first-order valence-electron chi connectivity index (χ1n) is 31.3. The molecule has 93 heavy (non-hydrogen) atoms. The lowest BCUT2D eigenvalue weighted by atomic mass is 9.44. The summed E-state index contributed by atoms with van der Waals surface area (Å²) in [4.78, 5) is 127. The number of esters is 4. The lowest BCUT2D eigenvalue weighted by molar-refractivity contribution is -0.259. The lowest BCUT2D eigenvalue weighted by Gasteiger charge is -2.58. The molecule has 20 nitrogen and oxygen atoms in total. The minimum atomic E-state index is -6.59. The highest BCUT2D eigenvalue weighted by Crippen LogP contribution is 2.68. The largest absolute Gasteiger partial charge is 0.466 e. The SMILES string of the molecule is C[C@H](CCC(=O)OCCC(=O)OC(C(F)(F)F)C(F)(F)S(=O)(=O)O)[C@H]1CC[C@H]2[C@@H]3C(=O)CC4CC(=O)CC[C@]4(C)[C@H]3CC(=O)[C@]12C.C[C@H](CCC(=O)OCCCC(=O)OC(C(F)(F)F)C(F)(F)S(=O)(=O)O)[C@H]1CC[C@H]2[C@@H]3C(=O)CC4CC(=O)CC[C@]4(C)[C@H]3CC(=O)[C@]12C. The molecule has 0 heterocycles. The van der Waals surface area contributed by atoms with E-state index in [2.05, 4.69) is 23.3 Å². The average Bonchev–Trinajstić information content (AvgIpc) is 1.69. The molecule has 0 aromatic heterocycles. The van der Waals surface area contributed by atoms with Gasteiger partial charge in [0.15, 0.2) is 0 Å². The summed E-state index contributed by atoms with van der Waals surface area (Å²) in [5.41, 5.74) is -2.02. The first kappa shape index (κ1) is 75.4. The standard InChI is InChI=1S/C31H41F5O10S.C30H39F5O10S/c1-16(6-9-24(40)45-12-4-5-25(41)46-27(30(32,33)34)31(35,36)47(42,43)44)19-7-8-20-26-21(15-23(39)29(19,20)3)28(2)11-10-18(37)13-17(28)14-22(26)38;1-15(4-7-23(39)44-11-9-24(40)45-26(29(31,32)33)30(34,35)46(41,42)43)18-5-6-19-25-20(14-22(38)28(18,19)3)27(2)10-8-17(36)12-16(27)13-21(25)37/h16-17,19-21,26-27H,4-15H2,1-3H3,(H,42,43,44);15-16,18-20,25-26H,4-14H2,1-3H3,(H,41,42,43)/t16-,17?,19-,20+,21+,26+,27?,28+,29-;15-,16?,18-,19+,20+,25+,26?,27+,28-/m11/s1. The molecule has 8 saturated carbocycles. The molecule has 0 bridgehead atoms. The molecule has 8 fully saturated rings. The Labute approximate surface area is 531 Å². The number of ketones is 6. The summed E-state index contributed by atoms with van der Waals surface area (Å²) in [5, 5.41) is -11.7. The molecule has 4 unspecified atom stereocenters. The smallest absolute Gasteiger partial charge is 0.432 e. The number of hydrogen-bond acceptors (Lipinski definition) is 18. The van der Waals surface area contributed by atoms with Crippen LogP contribution in [0.1, 0.15) is 176 Å². The molecule has 0 aromatic rings. The molecule has 8 rings (SSSR count). The van der Waals surface area contributed by atoms with E-state index in [1.54, 1.807) is 0 Å². The molecule has 8 aliphatic rings. The van der Waals surface area contributed by atoms with Crippen LogP contribution in [0, 0.1) is 92.7 Å². The van der Waals surface area contributed by atoms with Crippen molar-refractivity contribution >= 4 is 78.8 Å². The van der Waals surface area contributed by atoms with E-state index in [1.807, 2.05) is 27.7 Å². The maximum atomic E-state index is 13.9. The van der Waals surface area contributed by atoms with Crippen molar-refractivity contribution in [2.24, 2.45) is 92.7 Å². The Balaban J connectivity index is 0.000000264. The number of alkyl halides is 10. The number of fused-ring (bicyclic) bond motifs is 10. The van der Waals surface area contributed by atoms with Crippen molar-refractivity contribution in [3.63, 3.8) is 0 Å². The molecule has 0 amide bonds. The Morgan fingerprint density at radius 3 is 1.20 bits per heavy atom. The van der Waals surface area contributed by atoms with Gasteiger partial charge < -0.3 is 18.9 Å². The first-order chi connectivity index (χ1) is 42.6. The number of ether oxygens (including phenoxy) is 4. The second-order valence-electron chi connectivity index (χ2n) is 28.1. The van der Waals surface area contributed by atoms with Crippen LogP contribution in [0.25, 0.3) is 0 Å². The van der Waals surface area contributed by atoms with Gasteiger partial charge >= 0.3 is 67.0 Å². The van der Waals surface area contributed by atoms with Crippen molar-refractivity contribution in [2.75, 3.05) is 13.2 Å². The number of rotatable bonds is 21. The number of hydrogen-bond donors (Lipinski definition) is 2. The molecule has 0 radical (unpaired) electrons. The number of Topliss-reactive ketones (excluding diaryl/α,β-unsaturated/α-hetero) is 6. The van der Waals surface area contributed by atoms with Gasteiger partial charge in [-0.15, -0.1) is 0 Å². The molecule has 32 heteroatoms. The highest BCUT2D eigenvalue weighted by molar-refractivity contribution is 7.87. The monoisotopic (exact) mass is 1390 g/mol. The van der Waals surface area contributed by atoms with Crippen molar-refractivity contribution in [1.29, 1.82) is 0 Å². The molecule has 18 atom stereocenters. The molecule has 8 aliphatic carbocycles. The fraction of sp³-hybridized carbons (Fsp3) is 0.836. The normalized spacial score (nSPS) is 34.4. The van der Waals surface area contributed by atoms with Crippen molar-refractivity contribution in [3.8, 4) is 0 Å². The van der Waals surface area contributed by atoms with Crippen LogP contribution in [0.5, 0.6) is 0 Å². The van der Waals surface area contributed by atoms with E-state index in [9.17, 15) is 109 Å². The maximum Gasteiger partial charge on any atom is 0.432 e. The molecule has 2 N–H and O–H groups in total. The van der Waals surface area contributed by atoms with E-state index >= 15 is 0 Å². The third kappa shape index (κ3) is 14.8. The van der Waals surface area contributed by atoms with Crippen LogP contribution >= 0.6 is 0 Å². The Bertz CT molecular complexity index is 3190. The first-order valence-corrected chi connectivity index (χ1v) is 34.2. The molecule has 526 valence electrons. The number of carbonyl (C=O) groups excluding carboxylic acids is 10. The molecule has 0 aliphatic heterocycles. The van der Waals surface area contributed by atoms with Gasteiger partial charge in [0.05, 0.1) is 13.0 Å². The Hall–Kier alpha value is -4.98. The summed E-state index contributed by atoms with van der Waals surface area (Å²) in [6.45, 7) is 10.6. The highest BCUT2D eigenvalue weighted by Gasteiger charge is 2.70. The summed E-state index contributed by atoms with van der Waals surface area (Å²) in [6.07, 6.45) is -16.1. The second-order valence-corrected chi connectivity index (χ2v) is 31.1. The third-order valence-corrected chi connectivity index (χ3v) is 25.0. The maximum absolute atomic E-state index is 13.9. The predicted octanol–water partition coefficient (Wildman–Crippen LogP) is 10.1. The van der Waals surface area contributed by atoms with E-state index in [4.69, 9.17) is 18.6 Å². The van der Waals surface area contributed by atoms with E-state index in [0.29, 0.717) is 83.5 Å². The van der Waals surface area contributed by atoms with Crippen molar-refractivity contribution < 1.29 is 137 Å². The topological polar surface area (TPSA) is 316 Å². The Morgan fingerprint density at radius 1 is 0.495 bits per heavy atom. The van der Waals surface area contributed by atoms with E-state index in [-0.39, 0.29) is 149 Å². The molecular weight excluding hydrogens is 1310 g/mol. The van der Waals surface area contributed by atoms with Crippen LogP contribution < -0.4 is 0 Å². The summed E-state index contributed by atoms with van der Waals surface area (Å²) >= 11 is 0. The third-order valence-electron chi connectivity index (χ3n) is 23.2. The molecule has 0 saturated heterocycles. The quantitative estimate of drug-likeness (QED) is 0.0355. The van der Waals surface area contributed by atoms with Crippen LogP contribution in [0.3, 0.4) is 0 Å². The van der Waals surface area contributed by atoms with Crippen LogP contribution in [0.4, 0.5) is 43.9 Å². The molecule has 0 aromatic carbocycles. The van der Waals surface area contributed by atoms with Gasteiger partial charge in [0.25, 0.3) is 12.2 Å². The van der Waals surface area contributed by atoms with E-state index in [1.165, 1.54) is 0 Å². The van der Waals surface area contributed by atoms with Crippen molar-refractivity contribution in [2.45, 2.75) is 211 Å². The Morgan fingerprint density at radius 2 is 0.849 bits per heavy atom. The zero-order valence-electron chi connectivity index (χ0n) is 52.2. The van der Waals surface area contributed by atoms with Gasteiger partial charge in [-0.3, -0.25) is 57.1 Å². The minimum Gasteiger partial charge on any atom is -0.466 e. The second kappa shape index (κ2) is 27.1. The van der Waals surface area contributed by atoms with Gasteiger partial charge in [-0.1, -0.05) is 41.5 Å². The summed E-state index contributed by atoms with van der Waals surface area (Å²) < 4.78 is 209. The predicted molar refractivity (Wildman–Crippen MR) is 299 cm³/mol. The van der Waals surface area contributed by atoms with Crippen LogP contribution in [0.2, 0.25) is 0 Å². The Kier molecular flexibility index (Phi) is 22.0. The zero-order valence-corrected chi connectivity index (χ0v) is 53.8. The van der Waals surface area contributed by atoms with Crippen molar-refractivity contribution in [1.82, 2.24) is 0 Å². The molecule has 0 spiro atoms. The number of carbonyl (C=O) groups is 10. The van der Waals surface area contributed by atoms with Crippen LogP contribution in [-0.2, 0) is 87.1 Å². The van der Waals surface area contributed by atoms with Gasteiger partial charge in [-0.25, -0.2) is 0 Å². The minimum absolute atomic E-state index is 0.0333. The van der Waals surface area contributed by atoms with Crippen molar-refractivity contribution in [3.05, 3.63) is 0 Å². The van der Waals surface area contributed by atoms with Gasteiger partial charge in [-0.05, 0) is 128 Å². The molecular formula is C61H80F10O20S2. The fourth-order valence-electron chi connectivity index (χ4n) is 18.0. The van der Waals surface area contributed by atoms with E-state index < -0.39 is 122 Å². The average molecular weight is 1390 g/mol. The highest BCUT2D eigenvalue weighted by atomic mass is 32.2. The summed E-state index contributed by atoms with van der Waals surface area (Å²) in [5.74, 6) is -6.13. The lowest BCUT2D eigenvalue weighted by Crippen LogP contribution is -2.60. The van der Waals surface area contributed by atoms with Gasteiger partial charge in [0, 0.05) is 93.3 Å². The van der Waals surface area contributed by atoms with E-state index in [0.717, 1.165) is 0 Å². The summed E-state index contributed by atoms with van der Waals surface area (Å²) in [7, 11) is -13.1. The number of halogens is 10. The zero-order chi connectivity index (χ0) is 69.9. The van der Waals surface area contributed by atoms with Crippen LogP contribution in [0.15, 0.2) is 0 Å². The van der Waals surface area contributed by atoms with Gasteiger partial charge in [-0.2, -0.15) is 60.7 Å². The van der Waals surface area contributed by atoms with Gasteiger partial charge in [0.2, 0.25) is 0 Å². The van der Waals surface area contributed by atoms with Gasteiger partial charge in [0.1, 0.15) is 41.3 Å².